The van der Waals surface area contributed by atoms with Gasteiger partial charge in [0, 0.05) is 26.1 Å². The molecule has 1 fully saturated rings. The number of carbonyl (C=O) groups excluding carboxylic acids is 1. The summed E-state index contributed by atoms with van der Waals surface area (Å²) in [5.41, 5.74) is 1.03. The highest BCUT2D eigenvalue weighted by atomic mass is 35.5. The van der Waals surface area contributed by atoms with Crippen LogP contribution in [-0.4, -0.2) is 43.2 Å². The summed E-state index contributed by atoms with van der Waals surface area (Å²) in [4.78, 5) is 16.4. The van der Waals surface area contributed by atoms with Gasteiger partial charge in [0.05, 0.1) is 34.4 Å². The summed E-state index contributed by atoms with van der Waals surface area (Å²) in [5.74, 6) is 0.0461. The number of nitrogens with zero attached hydrogens (tertiary/aromatic N) is 1. The lowest BCUT2D eigenvalue weighted by molar-refractivity contribution is -0.124. The zero-order valence-corrected chi connectivity index (χ0v) is 13.8. The molecule has 2 aromatic rings. The first-order chi connectivity index (χ1) is 10.3. The third-order valence-electron chi connectivity index (χ3n) is 3.42. The first-order valence-electron chi connectivity index (χ1n) is 7.25. The second-order valence-corrected chi connectivity index (χ2v) is 6.19. The van der Waals surface area contributed by atoms with Gasteiger partial charge < -0.3 is 15.4 Å². The Bertz CT molecular complexity index is 581. The van der Waals surface area contributed by atoms with Crippen molar-refractivity contribution in [1.82, 2.24) is 15.6 Å². The van der Waals surface area contributed by atoms with Crippen LogP contribution in [0.4, 0.5) is 0 Å². The van der Waals surface area contributed by atoms with Gasteiger partial charge in [-0.25, -0.2) is 4.98 Å². The third kappa shape index (κ3) is 4.64. The topological polar surface area (TPSA) is 63.2 Å². The number of fused-ring (bicyclic) bond motifs is 1. The lowest BCUT2D eigenvalue weighted by Gasteiger charge is -2.22. The fourth-order valence-electron chi connectivity index (χ4n) is 2.37. The molecule has 1 aliphatic heterocycles. The summed E-state index contributed by atoms with van der Waals surface area (Å²) in [7, 11) is 0. The summed E-state index contributed by atoms with van der Waals surface area (Å²) >= 11 is 1.69. The van der Waals surface area contributed by atoms with Gasteiger partial charge in [-0.05, 0) is 12.1 Å². The highest BCUT2D eigenvalue weighted by Gasteiger charge is 2.16. The summed E-state index contributed by atoms with van der Waals surface area (Å²) in [6.07, 6.45) is 1.20. The molecule has 1 atom stereocenters. The van der Waals surface area contributed by atoms with Crippen molar-refractivity contribution in [1.29, 1.82) is 0 Å². The minimum Gasteiger partial charge on any atom is -0.375 e. The maximum Gasteiger partial charge on any atom is 0.222 e. The normalized spacial score (nSPS) is 17.9. The minimum atomic E-state index is 0. The van der Waals surface area contributed by atoms with Crippen molar-refractivity contribution >= 4 is 39.9 Å². The molecule has 3 rings (SSSR count). The number of nitrogens with one attached hydrogen (secondary N) is 2. The van der Waals surface area contributed by atoms with Crippen LogP contribution in [0, 0.1) is 0 Å². The average Bonchev–Trinajstić information content (AvgIpc) is 2.91. The molecule has 2 N–H and O–H groups in total. The van der Waals surface area contributed by atoms with Gasteiger partial charge in [-0.3, -0.25) is 4.79 Å². The fraction of sp³-hybridized carbons (Fsp3) is 0.467. The Balaban J connectivity index is 0.00000176. The molecule has 0 saturated carbocycles. The number of thiazole rings is 1. The number of halogens is 1. The van der Waals surface area contributed by atoms with Crippen LogP contribution < -0.4 is 10.6 Å². The summed E-state index contributed by atoms with van der Waals surface area (Å²) in [5, 5.41) is 7.23. The van der Waals surface area contributed by atoms with Crippen molar-refractivity contribution in [3.8, 4) is 0 Å². The van der Waals surface area contributed by atoms with E-state index in [2.05, 4.69) is 21.7 Å². The number of amides is 1. The molecule has 1 saturated heterocycles. The number of rotatable bonds is 5. The van der Waals surface area contributed by atoms with E-state index >= 15 is 0 Å². The van der Waals surface area contributed by atoms with Gasteiger partial charge in [0.25, 0.3) is 0 Å². The van der Waals surface area contributed by atoms with Crippen LogP contribution in [0.2, 0.25) is 0 Å². The largest absolute Gasteiger partial charge is 0.375 e. The number of hydrogen-bond donors (Lipinski definition) is 2. The van der Waals surface area contributed by atoms with E-state index in [0.717, 1.165) is 30.0 Å². The Morgan fingerprint density at radius 1 is 1.45 bits per heavy atom. The van der Waals surface area contributed by atoms with Crippen molar-refractivity contribution < 1.29 is 9.53 Å². The van der Waals surface area contributed by atoms with Gasteiger partial charge in [0.2, 0.25) is 5.91 Å². The fourth-order valence-corrected chi connectivity index (χ4v) is 3.33. The van der Waals surface area contributed by atoms with Crippen LogP contribution >= 0.6 is 23.7 Å². The van der Waals surface area contributed by atoms with Gasteiger partial charge >= 0.3 is 0 Å². The Hall–Kier alpha value is -1.21. The van der Waals surface area contributed by atoms with E-state index in [1.54, 1.807) is 11.3 Å². The Morgan fingerprint density at radius 2 is 2.32 bits per heavy atom. The molecule has 1 aromatic carbocycles. The predicted octanol–water partition coefficient (Wildman–Crippen LogP) is 1.76. The Labute approximate surface area is 139 Å². The smallest absolute Gasteiger partial charge is 0.222 e. The van der Waals surface area contributed by atoms with Crippen LogP contribution in [0.25, 0.3) is 10.2 Å². The molecule has 1 aliphatic rings. The zero-order valence-electron chi connectivity index (χ0n) is 12.2. The molecule has 7 heteroatoms. The maximum absolute atomic E-state index is 11.8. The summed E-state index contributed by atoms with van der Waals surface area (Å²) < 4.78 is 6.71. The molecule has 22 heavy (non-hydrogen) atoms. The maximum atomic E-state index is 11.8. The molecule has 1 aromatic heterocycles. The molecule has 0 bridgehead atoms. The Kier molecular flexibility index (Phi) is 6.57. The van der Waals surface area contributed by atoms with Gasteiger partial charge in [-0.1, -0.05) is 12.1 Å². The molecular weight excluding hydrogens is 322 g/mol. The van der Waals surface area contributed by atoms with Crippen molar-refractivity contribution in [2.24, 2.45) is 0 Å². The molecule has 0 spiro atoms. The molecule has 0 aliphatic carbocycles. The zero-order chi connectivity index (χ0) is 14.5. The molecule has 0 radical (unpaired) electrons. The number of carbonyl (C=O) groups is 1. The van der Waals surface area contributed by atoms with Gasteiger partial charge in [0.1, 0.15) is 0 Å². The highest BCUT2D eigenvalue weighted by molar-refractivity contribution is 7.18. The van der Waals surface area contributed by atoms with Crippen LogP contribution in [0.15, 0.2) is 24.3 Å². The molecule has 1 unspecified atom stereocenters. The Morgan fingerprint density at radius 3 is 3.09 bits per heavy atom. The molecule has 5 nitrogen and oxygen atoms in total. The van der Waals surface area contributed by atoms with Crippen LogP contribution in [0.3, 0.4) is 0 Å². The second-order valence-electron chi connectivity index (χ2n) is 5.08. The second kappa shape index (κ2) is 8.43. The minimum absolute atomic E-state index is 0. The van der Waals surface area contributed by atoms with Crippen molar-refractivity contribution in [2.75, 3.05) is 26.2 Å². The van der Waals surface area contributed by atoms with E-state index in [1.165, 1.54) is 4.70 Å². The van der Waals surface area contributed by atoms with E-state index in [1.807, 2.05) is 18.2 Å². The lowest BCUT2D eigenvalue weighted by atomic mass is 10.2. The number of morpholine rings is 1. The SMILES string of the molecule is Cl.O=C(CC1CNCCO1)NCCc1nc2ccccc2s1. The van der Waals surface area contributed by atoms with E-state index in [9.17, 15) is 4.79 Å². The number of aromatic nitrogens is 1. The quantitative estimate of drug-likeness (QED) is 0.869. The van der Waals surface area contributed by atoms with Crippen molar-refractivity contribution in [2.45, 2.75) is 18.9 Å². The number of hydrogen-bond acceptors (Lipinski definition) is 5. The van der Waals surface area contributed by atoms with E-state index in [-0.39, 0.29) is 24.4 Å². The van der Waals surface area contributed by atoms with E-state index in [0.29, 0.717) is 19.6 Å². The first kappa shape index (κ1) is 17.1. The molecule has 2 heterocycles. The molecule has 1 amide bonds. The average molecular weight is 342 g/mol. The van der Waals surface area contributed by atoms with Crippen molar-refractivity contribution in [3.63, 3.8) is 0 Å². The summed E-state index contributed by atoms with van der Waals surface area (Å²) in [6.45, 7) is 2.93. The van der Waals surface area contributed by atoms with Crippen LogP contribution in [0.5, 0.6) is 0 Å². The first-order valence-corrected chi connectivity index (χ1v) is 8.06. The standard InChI is InChI=1S/C15H19N3O2S.ClH/c19-14(9-11-10-16-7-8-20-11)17-6-5-15-18-12-3-1-2-4-13(12)21-15;/h1-4,11,16H,5-10H2,(H,17,19);1H. The van der Waals surface area contributed by atoms with Gasteiger partial charge in [0.15, 0.2) is 0 Å². The van der Waals surface area contributed by atoms with E-state index < -0.39 is 0 Å². The van der Waals surface area contributed by atoms with Gasteiger partial charge in [-0.15, -0.1) is 23.7 Å². The molecule has 120 valence electrons. The third-order valence-corrected chi connectivity index (χ3v) is 4.51. The van der Waals surface area contributed by atoms with Crippen LogP contribution in [-0.2, 0) is 16.0 Å². The highest BCUT2D eigenvalue weighted by Crippen LogP contribution is 2.21. The lowest BCUT2D eigenvalue weighted by Crippen LogP contribution is -2.41. The van der Waals surface area contributed by atoms with Gasteiger partial charge in [-0.2, -0.15) is 0 Å². The van der Waals surface area contributed by atoms with E-state index in [4.69, 9.17) is 4.74 Å². The molecular formula is C15H20ClN3O2S. The predicted molar refractivity (Wildman–Crippen MR) is 90.8 cm³/mol. The number of benzene rings is 1. The number of ether oxygens (including phenoxy) is 1. The van der Waals surface area contributed by atoms with Crippen LogP contribution in [0.1, 0.15) is 11.4 Å². The van der Waals surface area contributed by atoms with Crippen molar-refractivity contribution in [3.05, 3.63) is 29.3 Å². The summed E-state index contributed by atoms with van der Waals surface area (Å²) in [6, 6.07) is 8.10. The number of para-hydroxylation sites is 1. The monoisotopic (exact) mass is 341 g/mol.